The molecule has 1 aromatic carbocycles. The molecular weight excluding hydrogens is 416 g/mol. The Bertz CT molecular complexity index is 1180. The Kier molecular flexibility index (Phi) is 6.03. The van der Waals surface area contributed by atoms with Crippen molar-refractivity contribution in [2.75, 3.05) is 18.5 Å². The Labute approximate surface area is 194 Å². The third-order valence-corrected chi connectivity index (χ3v) is 6.41. The normalized spacial score (nSPS) is 15.9. The molecule has 0 atom stereocenters. The number of carbonyl (C=O) groups is 1. The molecular formula is C26H30N4O3. The Morgan fingerprint density at radius 3 is 2.76 bits per heavy atom. The molecule has 1 N–H and O–H groups in total. The zero-order valence-electron chi connectivity index (χ0n) is 19.3. The largest absolute Gasteiger partial charge is 0.490 e. The number of Topliss-reactive ketones (excluding diaryl/α,β-unsaturated/α-hetero) is 1. The molecule has 0 amide bonds. The van der Waals surface area contributed by atoms with E-state index in [0.717, 1.165) is 78.4 Å². The Balaban J connectivity index is 1.50. The van der Waals surface area contributed by atoms with Gasteiger partial charge in [-0.15, -0.1) is 0 Å². The number of carbonyl (C=O) groups excluding carboxylic acids is 1. The standard InChI is InChI=1S/C26H30N4O3/c1-3-20-24(17(2)25-21(31)8-5-4-6-13-30(20)25)19-11-12-27-26(29-19)28-18-9-10-22-23(16-18)33-15-7-14-32-22/h9-12,16H,3-8,13-15H2,1-2H3,(H,27,28,29). The quantitative estimate of drug-likeness (QED) is 0.572. The van der Waals surface area contributed by atoms with Crippen LogP contribution in [0, 0.1) is 6.92 Å². The highest BCUT2D eigenvalue weighted by molar-refractivity contribution is 5.98. The van der Waals surface area contributed by atoms with Gasteiger partial charge in [0.15, 0.2) is 17.3 Å². The molecule has 3 aromatic rings. The number of nitrogens with one attached hydrogen (secondary N) is 1. The number of ketones is 1. The molecule has 172 valence electrons. The van der Waals surface area contributed by atoms with Crippen LogP contribution in [0.1, 0.15) is 60.8 Å². The van der Waals surface area contributed by atoms with Crippen LogP contribution in [0.25, 0.3) is 11.3 Å². The lowest BCUT2D eigenvalue weighted by atomic mass is 10.0. The van der Waals surface area contributed by atoms with E-state index in [0.29, 0.717) is 25.6 Å². The highest BCUT2D eigenvalue weighted by atomic mass is 16.5. The summed E-state index contributed by atoms with van der Waals surface area (Å²) in [5, 5.41) is 3.30. The predicted octanol–water partition coefficient (Wildman–Crippen LogP) is 5.48. The summed E-state index contributed by atoms with van der Waals surface area (Å²) in [4.78, 5) is 22.2. The Hall–Kier alpha value is -3.35. The lowest BCUT2D eigenvalue weighted by molar-refractivity contribution is 0.0964. The van der Waals surface area contributed by atoms with Gasteiger partial charge in [-0.2, -0.15) is 0 Å². The van der Waals surface area contributed by atoms with Gasteiger partial charge in [0.1, 0.15) is 0 Å². The maximum Gasteiger partial charge on any atom is 0.227 e. The summed E-state index contributed by atoms with van der Waals surface area (Å²) < 4.78 is 13.8. The number of ether oxygens (including phenoxy) is 2. The average molecular weight is 447 g/mol. The van der Waals surface area contributed by atoms with E-state index in [2.05, 4.69) is 28.7 Å². The van der Waals surface area contributed by atoms with E-state index >= 15 is 0 Å². The van der Waals surface area contributed by atoms with E-state index in [1.165, 1.54) is 5.69 Å². The maximum absolute atomic E-state index is 13.0. The lowest BCUT2D eigenvalue weighted by Crippen LogP contribution is -2.15. The molecule has 2 aliphatic rings. The second-order valence-electron chi connectivity index (χ2n) is 8.64. The third kappa shape index (κ3) is 4.19. The fraction of sp³-hybridized carbons (Fsp3) is 0.423. The topological polar surface area (TPSA) is 78.3 Å². The van der Waals surface area contributed by atoms with Crippen molar-refractivity contribution in [2.45, 2.75) is 58.9 Å². The van der Waals surface area contributed by atoms with Gasteiger partial charge < -0.3 is 19.4 Å². The second-order valence-corrected chi connectivity index (χ2v) is 8.64. The van der Waals surface area contributed by atoms with Crippen LogP contribution in [0.3, 0.4) is 0 Å². The van der Waals surface area contributed by atoms with Crippen molar-refractivity contribution >= 4 is 17.4 Å². The molecule has 5 rings (SSSR count). The minimum Gasteiger partial charge on any atom is -0.490 e. The van der Waals surface area contributed by atoms with Gasteiger partial charge in [-0.05, 0) is 49.9 Å². The molecule has 7 nitrogen and oxygen atoms in total. The molecule has 2 aromatic heterocycles. The molecule has 0 unspecified atom stereocenters. The van der Waals surface area contributed by atoms with E-state index in [1.807, 2.05) is 24.3 Å². The summed E-state index contributed by atoms with van der Waals surface area (Å²) >= 11 is 0. The number of hydrogen-bond acceptors (Lipinski definition) is 6. The zero-order valence-corrected chi connectivity index (χ0v) is 19.3. The maximum atomic E-state index is 13.0. The van der Waals surface area contributed by atoms with Crippen LogP contribution in [-0.2, 0) is 13.0 Å². The number of rotatable bonds is 4. The number of aromatic nitrogens is 3. The number of anilines is 2. The highest BCUT2D eigenvalue weighted by Crippen LogP contribution is 2.36. The van der Waals surface area contributed by atoms with Gasteiger partial charge in [-0.1, -0.05) is 13.3 Å². The van der Waals surface area contributed by atoms with Gasteiger partial charge in [0.05, 0.1) is 24.6 Å². The summed E-state index contributed by atoms with van der Waals surface area (Å²) in [5.41, 5.74) is 5.80. The first-order valence-corrected chi connectivity index (χ1v) is 11.9. The van der Waals surface area contributed by atoms with Crippen LogP contribution < -0.4 is 14.8 Å². The monoisotopic (exact) mass is 446 g/mol. The molecule has 2 aliphatic heterocycles. The van der Waals surface area contributed by atoms with Crippen LogP contribution in [0.4, 0.5) is 11.6 Å². The Morgan fingerprint density at radius 2 is 1.91 bits per heavy atom. The van der Waals surface area contributed by atoms with Crippen LogP contribution in [0.5, 0.6) is 11.5 Å². The van der Waals surface area contributed by atoms with E-state index in [9.17, 15) is 4.79 Å². The zero-order chi connectivity index (χ0) is 22.8. The van der Waals surface area contributed by atoms with Gasteiger partial charge in [-0.3, -0.25) is 4.79 Å². The molecule has 0 saturated carbocycles. The van der Waals surface area contributed by atoms with E-state index in [4.69, 9.17) is 14.5 Å². The van der Waals surface area contributed by atoms with E-state index in [-0.39, 0.29) is 5.78 Å². The lowest BCUT2D eigenvalue weighted by Gasteiger charge is -2.15. The first kappa shape index (κ1) is 21.5. The summed E-state index contributed by atoms with van der Waals surface area (Å²) in [5.74, 6) is 2.23. The van der Waals surface area contributed by atoms with Gasteiger partial charge in [0, 0.05) is 48.6 Å². The summed E-state index contributed by atoms with van der Waals surface area (Å²) in [6.07, 6.45) is 7.26. The molecule has 0 bridgehead atoms. The van der Waals surface area contributed by atoms with Gasteiger partial charge in [-0.25, -0.2) is 9.97 Å². The van der Waals surface area contributed by atoms with Crippen molar-refractivity contribution in [3.05, 3.63) is 47.4 Å². The van der Waals surface area contributed by atoms with E-state index < -0.39 is 0 Å². The average Bonchev–Trinajstić information content (AvgIpc) is 2.93. The summed E-state index contributed by atoms with van der Waals surface area (Å²) in [6.45, 7) is 6.39. The van der Waals surface area contributed by atoms with Crippen molar-refractivity contribution in [3.63, 3.8) is 0 Å². The SMILES string of the molecule is CCc1c(-c2ccnc(Nc3ccc4c(c3)OCCCO4)n2)c(C)c2n1CCCCCC2=O. The van der Waals surface area contributed by atoms with Crippen LogP contribution in [0.2, 0.25) is 0 Å². The molecule has 4 heterocycles. The molecule has 0 fully saturated rings. The van der Waals surface area contributed by atoms with Crippen LogP contribution in [-0.4, -0.2) is 33.5 Å². The highest BCUT2D eigenvalue weighted by Gasteiger charge is 2.26. The molecule has 33 heavy (non-hydrogen) atoms. The van der Waals surface area contributed by atoms with Crippen LogP contribution in [0.15, 0.2) is 30.5 Å². The number of hydrogen-bond donors (Lipinski definition) is 1. The summed E-state index contributed by atoms with van der Waals surface area (Å²) in [7, 11) is 0. The number of benzene rings is 1. The van der Waals surface area contributed by atoms with Crippen molar-refractivity contribution in [3.8, 4) is 22.8 Å². The predicted molar refractivity (Wildman–Crippen MR) is 128 cm³/mol. The second kappa shape index (κ2) is 9.25. The molecule has 0 radical (unpaired) electrons. The Morgan fingerprint density at radius 1 is 1.06 bits per heavy atom. The number of fused-ring (bicyclic) bond motifs is 2. The molecule has 0 aliphatic carbocycles. The fourth-order valence-corrected chi connectivity index (χ4v) is 4.90. The third-order valence-electron chi connectivity index (χ3n) is 6.41. The van der Waals surface area contributed by atoms with Gasteiger partial charge in [0.25, 0.3) is 0 Å². The smallest absolute Gasteiger partial charge is 0.227 e. The van der Waals surface area contributed by atoms with E-state index in [1.54, 1.807) is 6.20 Å². The fourth-order valence-electron chi connectivity index (χ4n) is 4.90. The van der Waals surface area contributed by atoms with Gasteiger partial charge in [0.2, 0.25) is 5.95 Å². The van der Waals surface area contributed by atoms with Crippen molar-refractivity contribution in [1.82, 2.24) is 14.5 Å². The van der Waals surface area contributed by atoms with Crippen molar-refractivity contribution in [2.24, 2.45) is 0 Å². The minimum absolute atomic E-state index is 0.243. The van der Waals surface area contributed by atoms with Crippen molar-refractivity contribution < 1.29 is 14.3 Å². The molecule has 0 saturated heterocycles. The first-order valence-electron chi connectivity index (χ1n) is 11.9. The first-order chi connectivity index (χ1) is 16.2. The summed E-state index contributed by atoms with van der Waals surface area (Å²) in [6, 6.07) is 7.70. The van der Waals surface area contributed by atoms with Crippen LogP contribution >= 0.6 is 0 Å². The molecule has 0 spiro atoms. The van der Waals surface area contributed by atoms with Gasteiger partial charge >= 0.3 is 0 Å². The molecule has 7 heteroatoms. The number of nitrogens with zero attached hydrogens (tertiary/aromatic N) is 3. The van der Waals surface area contributed by atoms with Crippen molar-refractivity contribution in [1.29, 1.82) is 0 Å². The minimum atomic E-state index is 0.243.